The highest BCUT2D eigenvalue weighted by Crippen LogP contribution is 2.36. The number of hydrogen-bond donors (Lipinski definition) is 0. The van der Waals surface area contributed by atoms with Crippen LogP contribution in [-0.2, 0) is 17.6 Å². The maximum Gasteiger partial charge on any atom is 0.272 e. The summed E-state index contributed by atoms with van der Waals surface area (Å²) in [6, 6.07) is 18.5. The topological polar surface area (TPSA) is 53.5 Å². The molecule has 1 unspecified atom stereocenters. The molecule has 3 heterocycles. The minimum atomic E-state index is 0.0417. The molecular formula is C28H31N3O2S. The minimum absolute atomic E-state index is 0.0417. The number of rotatable bonds is 8. The Hall–Kier alpha value is -2.99. The molecule has 1 saturated heterocycles. The number of aromatic nitrogens is 1. The largest absolute Gasteiger partial charge is 0.342 e. The first-order valence-corrected chi connectivity index (χ1v) is 13.2. The Morgan fingerprint density at radius 2 is 1.74 bits per heavy atom. The van der Waals surface area contributed by atoms with Gasteiger partial charge in [-0.1, -0.05) is 36.4 Å². The number of amides is 2. The van der Waals surface area contributed by atoms with Gasteiger partial charge >= 0.3 is 0 Å². The maximum absolute atomic E-state index is 13.7. The molecular weight excluding hydrogens is 442 g/mol. The Morgan fingerprint density at radius 3 is 2.38 bits per heavy atom. The van der Waals surface area contributed by atoms with Gasteiger partial charge in [0.15, 0.2) is 0 Å². The first kappa shape index (κ1) is 22.8. The lowest BCUT2D eigenvalue weighted by Gasteiger charge is -2.41. The zero-order valence-corrected chi connectivity index (χ0v) is 20.2. The molecule has 6 heteroatoms. The van der Waals surface area contributed by atoms with Crippen molar-refractivity contribution in [1.29, 1.82) is 0 Å². The Morgan fingerprint density at radius 1 is 0.971 bits per heavy atom. The second-order valence-corrected chi connectivity index (χ2v) is 10.2. The van der Waals surface area contributed by atoms with Crippen molar-refractivity contribution in [2.75, 3.05) is 13.1 Å². The van der Waals surface area contributed by atoms with Crippen molar-refractivity contribution < 1.29 is 9.59 Å². The highest BCUT2D eigenvalue weighted by molar-refractivity contribution is 7.08. The van der Waals surface area contributed by atoms with E-state index in [4.69, 9.17) is 0 Å². The normalized spacial score (nSPS) is 17.4. The SMILES string of the molecule is O=C(Cc1ccsc1)N1CCC(C(Cc2ccccc2)N(C(=O)c2ccccn2)C2CC2)CC1. The number of carbonyl (C=O) groups excluding carboxylic acids is 2. The smallest absolute Gasteiger partial charge is 0.272 e. The summed E-state index contributed by atoms with van der Waals surface area (Å²) in [6.07, 6.45) is 6.97. The van der Waals surface area contributed by atoms with Crippen LogP contribution in [0.5, 0.6) is 0 Å². The maximum atomic E-state index is 13.7. The van der Waals surface area contributed by atoms with Crippen LogP contribution in [0.4, 0.5) is 0 Å². The number of thiophene rings is 1. The molecule has 34 heavy (non-hydrogen) atoms. The van der Waals surface area contributed by atoms with E-state index in [0.717, 1.165) is 50.8 Å². The molecule has 0 spiro atoms. The Kier molecular flexibility index (Phi) is 7.05. The van der Waals surface area contributed by atoms with E-state index in [2.05, 4.69) is 39.5 Å². The lowest BCUT2D eigenvalue weighted by molar-refractivity contribution is -0.132. The molecule has 1 aromatic carbocycles. The highest BCUT2D eigenvalue weighted by Gasteiger charge is 2.42. The molecule has 2 fully saturated rings. The van der Waals surface area contributed by atoms with Crippen LogP contribution in [0.3, 0.4) is 0 Å². The Labute approximate surface area is 205 Å². The van der Waals surface area contributed by atoms with E-state index in [1.54, 1.807) is 17.5 Å². The van der Waals surface area contributed by atoms with Gasteiger partial charge < -0.3 is 9.80 Å². The standard InChI is InChI=1S/C28H31N3O2S/c32-27(19-22-13-17-34-20-22)30-15-11-23(12-16-30)26(18-21-6-2-1-3-7-21)31(24-9-10-24)28(33)25-8-4-5-14-29-25/h1-8,13-14,17,20,23-24,26H,9-12,15-16,18-19H2. The van der Waals surface area contributed by atoms with Crippen LogP contribution in [0.2, 0.25) is 0 Å². The van der Waals surface area contributed by atoms with Gasteiger partial charge in [-0.15, -0.1) is 0 Å². The summed E-state index contributed by atoms with van der Waals surface area (Å²) in [7, 11) is 0. The Balaban J connectivity index is 1.34. The summed E-state index contributed by atoms with van der Waals surface area (Å²) < 4.78 is 0. The quantitative estimate of drug-likeness (QED) is 0.470. The van der Waals surface area contributed by atoms with Crippen molar-refractivity contribution >= 4 is 23.2 Å². The lowest BCUT2D eigenvalue weighted by Crippen LogP contribution is -2.51. The van der Waals surface area contributed by atoms with Gasteiger partial charge in [-0.05, 0) is 78.1 Å². The number of benzene rings is 1. The minimum Gasteiger partial charge on any atom is -0.342 e. The fourth-order valence-corrected chi connectivity index (χ4v) is 5.79. The molecule has 0 N–H and O–H groups in total. The highest BCUT2D eigenvalue weighted by atomic mass is 32.1. The van der Waals surface area contributed by atoms with Crippen LogP contribution in [0.1, 0.15) is 47.3 Å². The van der Waals surface area contributed by atoms with Gasteiger partial charge in [0.2, 0.25) is 5.91 Å². The predicted octanol–water partition coefficient (Wildman–Crippen LogP) is 4.84. The van der Waals surface area contributed by atoms with Crippen molar-refractivity contribution in [2.24, 2.45) is 5.92 Å². The van der Waals surface area contributed by atoms with Gasteiger partial charge in [0.1, 0.15) is 5.69 Å². The third-order valence-electron chi connectivity index (χ3n) is 7.08. The van der Waals surface area contributed by atoms with Crippen LogP contribution in [-0.4, -0.2) is 51.8 Å². The van der Waals surface area contributed by atoms with Crippen LogP contribution in [0.25, 0.3) is 0 Å². The predicted molar refractivity (Wildman–Crippen MR) is 135 cm³/mol. The van der Waals surface area contributed by atoms with E-state index in [9.17, 15) is 9.59 Å². The summed E-state index contributed by atoms with van der Waals surface area (Å²) in [5.41, 5.74) is 2.87. The van der Waals surface area contributed by atoms with Gasteiger partial charge in [0.05, 0.1) is 6.42 Å². The van der Waals surface area contributed by atoms with Gasteiger partial charge in [-0.25, -0.2) is 0 Å². The molecule has 0 radical (unpaired) electrons. The second kappa shape index (κ2) is 10.5. The van der Waals surface area contributed by atoms with Crippen molar-refractivity contribution in [1.82, 2.24) is 14.8 Å². The monoisotopic (exact) mass is 473 g/mol. The molecule has 1 aliphatic carbocycles. The number of hydrogen-bond acceptors (Lipinski definition) is 4. The molecule has 176 valence electrons. The van der Waals surface area contributed by atoms with Crippen LogP contribution < -0.4 is 0 Å². The van der Waals surface area contributed by atoms with E-state index in [1.165, 1.54) is 5.56 Å². The molecule has 1 atom stereocenters. The van der Waals surface area contributed by atoms with E-state index in [0.29, 0.717) is 24.1 Å². The number of pyridine rings is 1. The van der Waals surface area contributed by atoms with Crippen molar-refractivity contribution in [3.63, 3.8) is 0 Å². The fraction of sp³-hybridized carbons (Fsp3) is 0.393. The molecule has 1 saturated carbocycles. The summed E-state index contributed by atoms with van der Waals surface area (Å²) >= 11 is 1.63. The molecule has 5 nitrogen and oxygen atoms in total. The third kappa shape index (κ3) is 5.39. The summed E-state index contributed by atoms with van der Waals surface area (Å²) in [5.74, 6) is 0.610. The molecule has 3 aromatic rings. The summed E-state index contributed by atoms with van der Waals surface area (Å²) in [4.78, 5) is 35.0. The third-order valence-corrected chi connectivity index (χ3v) is 7.81. The fourth-order valence-electron chi connectivity index (χ4n) is 5.12. The van der Waals surface area contributed by atoms with Gasteiger partial charge in [0.25, 0.3) is 5.91 Å². The van der Waals surface area contributed by atoms with Gasteiger partial charge in [0, 0.05) is 31.4 Å². The summed E-state index contributed by atoms with van der Waals surface area (Å²) in [6.45, 7) is 1.52. The van der Waals surface area contributed by atoms with Crippen molar-refractivity contribution in [2.45, 2.75) is 50.6 Å². The zero-order chi connectivity index (χ0) is 23.3. The van der Waals surface area contributed by atoms with Crippen molar-refractivity contribution in [3.8, 4) is 0 Å². The van der Waals surface area contributed by atoms with E-state index >= 15 is 0 Å². The van der Waals surface area contributed by atoms with Crippen molar-refractivity contribution in [3.05, 3.63) is 88.4 Å². The van der Waals surface area contributed by atoms with Gasteiger partial charge in [-0.3, -0.25) is 14.6 Å². The number of piperidine rings is 1. The van der Waals surface area contributed by atoms with E-state index in [1.807, 2.05) is 40.6 Å². The number of carbonyl (C=O) groups is 2. The molecule has 2 aliphatic rings. The summed E-state index contributed by atoms with van der Waals surface area (Å²) in [5, 5.41) is 4.07. The van der Waals surface area contributed by atoms with E-state index < -0.39 is 0 Å². The number of nitrogens with zero attached hydrogens (tertiary/aromatic N) is 3. The average molecular weight is 474 g/mol. The zero-order valence-electron chi connectivity index (χ0n) is 19.4. The first-order chi connectivity index (χ1) is 16.7. The average Bonchev–Trinajstić information content (AvgIpc) is 3.59. The molecule has 2 amide bonds. The molecule has 0 bridgehead atoms. The molecule has 5 rings (SSSR count). The van der Waals surface area contributed by atoms with Crippen LogP contribution >= 0.6 is 11.3 Å². The van der Waals surface area contributed by atoms with Crippen LogP contribution in [0, 0.1) is 5.92 Å². The molecule has 2 aromatic heterocycles. The van der Waals surface area contributed by atoms with Gasteiger partial charge in [-0.2, -0.15) is 11.3 Å². The first-order valence-electron chi connectivity index (χ1n) is 12.3. The number of likely N-dealkylation sites (tertiary alicyclic amines) is 1. The second-order valence-electron chi connectivity index (χ2n) is 9.44. The Bertz CT molecular complexity index is 1080. The van der Waals surface area contributed by atoms with Crippen LogP contribution in [0.15, 0.2) is 71.6 Å². The molecule has 1 aliphatic heterocycles. The lowest BCUT2D eigenvalue weighted by atomic mass is 9.84. The van der Waals surface area contributed by atoms with E-state index in [-0.39, 0.29) is 17.9 Å².